The number of carbonyl (C=O) groups is 2. The van der Waals surface area contributed by atoms with Crippen LogP contribution in [0.4, 0.5) is 0 Å². The van der Waals surface area contributed by atoms with Gasteiger partial charge in [0.25, 0.3) is 0 Å². The maximum absolute atomic E-state index is 11.6. The number of esters is 1. The van der Waals surface area contributed by atoms with E-state index in [9.17, 15) is 9.59 Å². The molecule has 2 rings (SSSR count). The van der Waals surface area contributed by atoms with Crippen molar-refractivity contribution in [1.82, 2.24) is 4.90 Å². The van der Waals surface area contributed by atoms with Crippen molar-refractivity contribution in [2.24, 2.45) is 0 Å². The first kappa shape index (κ1) is 13.2. The predicted molar refractivity (Wildman–Crippen MR) is 65.8 cm³/mol. The molecule has 102 valence electrons. The fourth-order valence-electron chi connectivity index (χ4n) is 1.83. The number of nitrogens with zero attached hydrogens (tertiary/aromatic N) is 1. The van der Waals surface area contributed by atoms with Crippen molar-refractivity contribution in [3.63, 3.8) is 0 Å². The van der Waals surface area contributed by atoms with Gasteiger partial charge in [0.05, 0.1) is 7.11 Å². The lowest BCUT2D eigenvalue weighted by Crippen LogP contribution is -2.33. The van der Waals surface area contributed by atoms with E-state index in [0.29, 0.717) is 18.0 Å². The minimum Gasteiger partial charge on any atom is -0.462 e. The summed E-state index contributed by atoms with van der Waals surface area (Å²) in [6.07, 6.45) is 0. The molecule has 0 aliphatic carbocycles. The molecule has 0 saturated carbocycles. The molecule has 0 unspecified atom stereocenters. The second-order valence-corrected chi connectivity index (χ2v) is 4.28. The molecule has 0 saturated heterocycles. The molecule has 0 radical (unpaired) electrons. The Hall–Kier alpha value is -2.24. The molecule has 1 aromatic rings. The molecule has 1 aromatic carbocycles. The molecule has 1 amide bonds. The first-order valence-electron chi connectivity index (χ1n) is 5.75. The van der Waals surface area contributed by atoms with Crippen LogP contribution in [0.3, 0.4) is 0 Å². The molecular formula is C13H15NO5. The van der Waals surface area contributed by atoms with Crippen molar-refractivity contribution in [1.29, 1.82) is 0 Å². The zero-order chi connectivity index (χ0) is 14.0. The highest BCUT2D eigenvalue weighted by molar-refractivity contribution is 6.32. The van der Waals surface area contributed by atoms with Crippen LogP contribution >= 0.6 is 0 Å². The highest BCUT2D eigenvalue weighted by Gasteiger charge is 2.21. The van der Waals surface area contributed by atoms with Gasteiger partial charge in [0.2, 0.25) is 6.79 Å². The van der Waals surface area contributed by atoms with Crippen molar-refractivity contribution in [2.75, 3.05) is 21.0 Å². The van der Waals surface area contributed by atoms with Crippen LogP contribution in [0.1, 0.15) is 11.1 Å². The standard InChI is InChI=1S/C13H15NO5/c1-8-4-10-11(19-7-18-10)5-9(8)6-14(2)12(15)13(16)17-3/h4-5H,6-7H2,1-3H3. The van der Waals surface area contributed by atoms with E-state index < -0.39 is 11.9 Å². The van der Waals surface area contributed by atoms with Crippen molar-refractivity contribution in [3.8, 4) is 11.5 Å². The lowest BCUT2D eigenvalue weighted by Gasteiger charge is -2.17. The van der Waals surface area contributed by atoms with Crippen LogP contribution in [0.15, 0.2) is 12.1 Å². The Morgan fingerprint density at radius 1 is 1.32 bits per heavy atom. The Kier molecular flexibility index (Phi) is 3.59. The third-order valence-corrected chi connectivity index (χ3v) is 2.95. The zero-order valence-electron chi connectivity index (χ0n) is 11.1. The monoisotopic (exact) mass is 265 g/mol. The number of aryl methyl sites for hydroxylation is 1. The van der Waals surface area contributed by atoms with E-state index in [2.05, 4.69) is 4.74 Å². The number of likely N-dealkylation sites (N-methyl/N-ethyl adjacent to an activating group) is 1. The van der Waals surface area contributed by atoms with Gasteiger partial charge in [-0.3, -0.25) is 4.79 Å². The van der Waals surface area contributed by atoms with E-state index in [1.54, 1.807) is 7.05 Å². The average Bonchev–Trinajstić information content (AvgIpc) is 2.84. The van der Waals surface area contributed by atoms with Crippen molar-refractivity contribution in [3.05, 3.63) is 23.3 Å². The van der Waals surface area contributed by atoms with Gasteiger partial charge in [0.15, 0.2) is 11.5 Å². The van der Waals surface area contributed by atoms with Gasteiger partial charge in [-0.05, 0) is 30.2 Å². The number of fused-ring (bicyclic) bond motifs is 1. The minimum atomic E-state index is -0.874. The third kappa shape index (κ3) is 2.62. The largest absolute Gasteiger partial charge is 0.462 e. The summed E-state index contributed by atoms with van der Waals surface area (Å²) in [5, 5.41) is 0. The number of rotatable bonds is 2. The maximum Gasteiger partial charge on any atom is 0.396 e. The fraction of sp³-hybridized carbons (Fsp3) is 0.385. The molecule has 0 atom stereocenters. The summed E-state index contributed by atoms with van der Waals surface area (Å²) in [6, 6.07) is 3.67. The lowest BCUT2D eigenvalue weighted by molar-refractivity contribution is -0.157. The number of amides is 1. The van der Waals surface area contributed by atoms with Crippen LogP contribution < -0.4 is 9.47 Å². The molecule has 19 heavy (non-hydrogen) atoms. The Labute approximate surface area is 110 Å². The van der Waals surface area contributed by atoms with E-state index in [1.807, 2.05) is 19.1 Å². The third-order valence-electron chi connectivity index (χ3n) is 2.95. The topological polar surface area (TPSA) is 65.1 Å². The van der Waals surface area contributed by atoms with Gasteiger partial charge in [0.1, 0.15) is 0 Å². The van der Waals surface area contributed by atoms with E-state index in [4.69, 9.17) is 9.47 Å². The molecule has 0 bridgehead atoms. The maximum atomic E-state index is 11.6. The molecule has 6 heteroatoms. The van der Waals surface area contributed by atoms with Gasteiger partial charge in [-0.1, -0.05) is 0 Å². The van der Waals surface area contributed by atoms with Gasteiger partial charge in [0, 0.05) is 13.6 Å². The Bertz CT molecular complexity index is 526. The van der Waals surface area contributed by atoms with Crippen molar-refractivity contribution >= 4 is 11.9 Å². The van der Waals surface area contributed by atoms with Gasteiger partial charge in [-0.15, -0.1) is 0 Å². The lowest BCUT2D eigenvalue weighted by atomic mass is 10.1. The van der Waals surface area contributed by atoms with Crippen LogP contribution in [0, 0.1) is 6.92 Å². The molecule has 1 aliphatic rings. The van der Waals surface area contributed by atoms with Crippen LogP contribution in [0.5, 0.6) is 11.5 Å². The quantitative estimate of drug-likeness (QED) is 0.586. The number of carbonyl (C=O) groups excluding carboxylic acids is 2. The van der Waals surface area contributed by atoms with Crippen LogP contribution in [0.2, 0.25) is 0 Å². The van der Waals surface area contributed by atoms with E-state index >= 15 is 0 Å². The number of methoxy groups -OCH3 is 1. The number of hydrogen-bond donors (Lipinski definition) is 0. The molecule has 1 heterocycles. The summed E-state index contributed by atoms with van der Waals surface area (Å²) in [6.45, 7) is 2.42. The number of benzene rings is 1. The molecule has 0 aromatic heterocycles. The van der Waals surface area contributed by atoms with Crippen LogP contribution in [-0.2, 0) is 20.9 Å². The Balaban J connectivity index is 2.15. The normalized spacial score (nSPS) is 12.2. The summed E-state index contributed by atoms with van der Waals surface area (Å²) in [7, 11) is 2.73. The number of hydrogen-bond acceptors (Lipinski definition) is 5. The molecular weight excluding hydrogens is 250 g/mol. The van der Waals surface area contributed by atoms with Crippen LogP contribution in [0.25, 0.3) is 0 Å². The first-order valence-corrected chi connectivity index (χ1v) is 5.75. The SMILES string of the molecule is COC(=O)C(=O)N(C)Cc1cc2c(cc1C)OCO2. The molecule has 0 spiro atoms. The summed E-state index contributed by atoms with van der Waals surface area (Å²) in [5.41, 5.74) is 1.86. The van der Waals surface area contributed by atoms with E-state index in [0.717, 1.165) is 11.1 Å². The van der Waals surface area contributed by atoms with Crippen molar-refractivity contribution in [2.45, 2.75) is 13.5 Å². The Morgan fingerprint density at radius 2 is 1.95 bits per heavy atom. The summed E-state index contributed by atoms with van der Waals surface area (Å²) < 4.78 is 15.0. The van der Waals surface area contributed by atoms with Gasteiger partial charge >= 0.3 is 11.9 Å². The highest BCUT2D eigenvalue weighted by atomic mass is 16.7. The second kappa shape index (κ2) is 5.17. The summed E-state index contributed by atoms with van der Waals surface area (Å²) in [4.78, 5) is 24.1. The molecule has 6 nitrogen and oxygen atoms in total. The average molecular weight is 265 g/mol. The zero-order valence-corrected chi connectivity index (χ0v) is 11.1. The minimum absolute atomic E-state index is 0.204. The fourth-order valence-corrected chi connectivity index (χ4v) is 1.83. The van der Waals surface area contributed by atoms with Crippen molar-refractivity contribution < 1.29 is 23.8 Å². The van der Waals surface area contributed by atoms with Gasteiger partial charge < -0.3 is 19.1 Å². The molecule has 0 N–H and O–H groups in total. The number of ether oxygens (including phenoxy) is 3. The summed E-state index contributed by atoms with van der Waals surface area (Å²) in [5.74, 6) is -0.205. The van der Waals surface area contributed by atoms with E-state index in [-0.39, 0.29) is 6.79 Å². The highest BCUT2D eigenvalue weighted by Crippen LogP contribution is 2.34. The predicted octanol–water partition coefficient (Wildman–Crippen LogP) is 0.855. The van der Waals surface area contributed by atoms with E-state index in [1.165, 1.54) is 12.0 Å². The summed E-state index contributed by atoms with van der Waals surface area (Å²) >= 11 is 0. The molecule has 1 aliphatic heterocycles. The smallest absolute Gasteiger partial charge is 0.396 e. The Morgan fingerprint density at radius 3 is 2.58 bits per heavy atom. The first-order chi connectivity index (χ1) is 9.02. The molecule has 0 fully saturated rings. The van der Waals surface area contributed by atoms with Gasteiger partial charge in [-0.25, -0.2) is 4.79 Å². The van der Waals surface area contributed by atoms with Crippen LogP contribution in [-0.4, -0.2) is 37.7 Å². The second-order valence-electron chi connectivity index (χ2n) is 4.28. The van der Waals surface area contributed by atoms with Gasteiger partial charge in [-0.2, -0.15) is 0 Å².